The lowest BCUT2D eigenvalue weighted by atomic mass is 10.1. The van der Waals surface area contributed by atoms with Crippen molar-refractivity contribution in [1.29, 1.82) is 0 Å². The second kappa shape index (κ2) is 16.6. The van der Waals surface area contributed by atoms with Crippen LogP contribution in [0.4, 0.5) is 0 Å². The van der Waals surface area contributed by atoms with E-state index in [0.29, 0.717) is 35.7 Å². The van der Waals surface area contributed by atoms with Gasteiger partial charge in [-0.2, -0.15) is 0 Å². The van der Waals surface area contributed by atoms with E-state index in [1.54, 1.807) is 43.3 Å². The molecule has 0 unspecified atom stereocenters. The van der Waals surface area contributed by atoms with Crippen LogP contribution in [0, 0.1) is 0 Å². The van der Waals surface area contributed by atoms with E-state index in [9.17, 15) is 14.4 Å². The van der Waals surface area contributed by atoms with Gasteiger partial charge >= 0.3 is 17.9 Å². The smallest absolute Gasteiger partial charge is 0.343 e. The third-order valence-corrected chi connectivity index (χ3v) is 5.50. The maximum Gasteiger partial charge on any atom is 0.343 e. The molecule has 0 N–H and O–H groups in total. The fourth-order valence-corrected chi connectivity index (χ4v) is 3.47. The van der Waals surface area contributed by atoms with Crippen LogP contribution >= 0.6 is 0 Å². The van der Waals surface area contributed by atoms with Crippen molar-refractivity contribution in [2.24, 2.45) is 0 Å². The van der Waals surface area contributed by atoms with Crippen LogP contribution < -0.4 is 14.2 Å². The van der Waals surface area contributed by atoms with E-state index in [2.05, 4.69) is 6.58 Å². The molecule has 0 aromatic heterocycles. The van der Waals surface area contributed by atoms with Crippen LogP contribution in [0.25, 0.3) is 6.08 Å². The molecule has 0 spiro atoms. The first-order valence-electron chi connectivity index (χ1n) is 12.6. The van der Waals surface area contributed by atoms with Gasteiger partial charge in [-0.05, 0) is 50.1 Å². The molecule has 2 aromatic rings. The number of benzene rings is 2. The number of carbonyl (C=O) groups excluding carboxylic acids is 3. The molecule has 0 aliphatic carbocycles. The quantitative estimate of drug-likeness (QED) is 0.115. The van der Waals surface area contributed by atoms with E-state index in [4.69, 9.17) is 23.7 Å². The molecule has 0 heterocycles. The van der Waals surface area contributed by atoms with Gasteiger partial charge < -0.3 is 23.7 Å². The molecule has 2 rings (SSSR count). The van der Waals surface area contributed by atoms with E-state index in [0.717, 1.165) is 38.5 Å². The molecule has 0 aliphatic heterocycles. The predicted molar refractivity (Wildman–Crippen MR) is 144 cm³/mol. The highest BCUT2D eigenvalue weighted by Gasteiger charge is 2.18. The largest absolute Gasteiger partial charge is 0.493 e. The second-order valence-corrected chi connectivity index (χ2v) is 8.51. The lowest BCUT2D eigenvalue weighted by Gasteiger charge is -2.16. The molecule has 0 bridgehead atoms. The third-order valence-electron chi connectivity index (χ3n) is 5.50. The lowest BCUT2D eigenvalue weighted by Crippen LogP contribution is -2.10. The Kier molecular flexibility index (Phi) is 13.2. The maximum atomic E-state index is 12.6. The summed E-state index contributed by atoms with van der Waals surface area (Å²) in [5.74, 6) is -0.470. The van der Waals surface area contributed by atoms with Gasteiger partial charge in [-0.1, -0.05) is 50.5 Å². The van der Waals surface area contributed by atoms with Crippen LogP contribution in [0.15, 0.2) is 60.7 Å². The first-order chi connectivity index (χ1) is 18.4. The Labute approximate surface area is 224 Å². The second-order valence-electron chi connectivity index (χ2n) is 8.51. The Morgan fingerprint density at radius 2 is 1.47 bits per heavy atom. The van der Waals surface area contributed by atoms with Gasteiger partial charge in [0.15, 0.2) is 11.5 Å². The van der Waals surface area contributed by atoms with Crippen molar-refractivity contribution in [1.82, 2.24) is 0 Å². The van der Waals surface area contributed by atoms with Crippen molar-refractivity contribution in [3.8, 4) is 17.2 Å². The zero-order valence-corrected chi connectivity index (χ0v) is 22.3. The molecule has 0 saturated carbocycles. The van der Waals surface area contributed by atoms with Crippen LogP contribution in [0.5, 0.6) is 17.2 Å². The molecular formula is C30H36O8. The highest BCUT2D eigenvalue weighted by atomic mass is 16.6. The van der Waals surface area contributed by atoms with Crippen molar-refractivity contribution in [2.75, 3.05) is 27.4 Å². The minimum Gasteiger partial charge on any atom is -0.493 e. The lowest BCUT2D eigenvalue weighted by molar-refractivity contribution is -0.139. The summed E-state index contributed by atoms with van der Waals surface area (Å²) in [6, 6.07) is 11.9. The van der Waals surface area contributed by atoms with Crippen LogP contribution in [0.3, 0.4) is 0 Å². The van der Waals surface area contributed by atoms with E-state index >= 15 is 0 Å². The molecule has 0 atom stereocenters. The van der Waals surface area contributed by atoms with Gasteiger partial charge in [-0.25, -0.2) is 14.4 Å². The van der Waals surface area contributed by atoms with Gasteiger partial charge in [0.2, 0.25) is 0 Å². The van der Waals surface area contributed by atoms with Gasteiger partial charge in [0, 0.05) is 11.6 Å². The molecule has 0 radical (unpaired) electrons. The first-order valence-corrected chi connectivity index (χ1v) is 12.6. The highest BCUT2D eigenvalue weighted by Crippen LogP contribution is 2.39. The third kappa shape index (κ3) is 10.1. The van der Waals surface area contributed by atoms with Crippen molar-refractivity contribution >= 4 is 24.0 Å². The summed E-state index contributed by atoms with van der Waals surface area (Å²) in [5.41, 5.74) is 1.27. The number of hydrogen-bond acceptors (Lipinski definition) is 8. The summed E-state index contributed by atoms with van der Waals surface area (Å²) < 4.78 is 26.9. The van der Waals surface area contributed by atoms with Crippen LogP contribution in [-0.4, -0.2) is 45.3 Å². The number of hydrogen-bond donors (Lipinski definition) is 0. The Morgan fingerprint density at radius 3 is 2.11 bits per heavy atom. The normalized spacial score (nSPS) is 10.6. The van der Waals surface area contributed by atoms with Gasteiger partial charge in [-0.3, -0.25) is 0 Å². The summed E-state index contributed by atoms with van der Waals surface area (Å²) in [6.45, 7) is 6.06. The summed E-state index contributed by atoms with van der Waals surface area (Å²) in [5, 5.41) is 0. The predicted octanol–water partition coefficient (Wildman–Crippen LogP) is 5.94. The van der Waals surface area contributed by atoms with E-state index in [1.807, 2.05) is 6.07 Å². The average Bonchev–Trinajstić information content (AvgIpc) is 2.93. The number of unbranched alkanes of at least 4 members (excludes halogenated alkanes) is 5. The fraction of sp³-hybridized carbons (Fsp3) is 0.367. The Hall–Kier alpha value is -4.07. The number of methoxy groups -OCH3 is 2. The maximum absolute atomic E-state index is 12.6. The molecule has 2 aromatic carbocycles. The standard InChI is InChI=1S/C30H36O8/c1-22(2)29(32)37-21-13-8-6-5-7-12-20-36-25-17-18-26(38-30(33)23-14-10-9-11-15-23)28(35-4)24(25)16-19-27(31)34-3/h9-11,14-19H,1,5-8,12-13,20-21H2,2-4H3. The number of esters is 3. The summed E-state index contributed by atoms with van der Waals surface area (Å²) in [7, 11) is 2.74. The number of rotatable bonds is 16. The molecule has 0 aliphatic rings. The van der Waals surface area contributed by atoms with Gasteiger partial charge in [0.05, 0.1) is 38.6 Å². The summed E-state index contributed by atoms with van der Waals surface area (Å²) >= 11 is 0. The average molecular weight is 525 g/mol. The van der Waals surface area contributed by atoms with E-state index < -0.39 is 11.9 Å². The van der Waals surface area contributed by atoms with Gasteiger partial charge in [0.25, 0.3) is 0 Å². The SMILES string of the molecule is C=C(C)C(=O)OCCCCCCCCOc1ccc(OC(=O)c2ccccc2)c(OC)c1C=CC(=O)OC. The van der Waals surface area contributed by atoms with E-state index in [-0.39, 0.29) is 17.5 Å². The molecule has 8 heteroatoms. The van der Waals surface area contributed by atoms with Gasteiger partial charge in [-0.15, -0.1) is 0 Å². The van der Waals surface area contributed by atoms with Crippen LogP contribution in [0.2, 0.25) is 0 Å². The zero-order valence-electron chi connectivity index (χ0n) is 22.3. The molecule has 204 valence electrons. The number of ether oxygens (including phenoxy) is 5. The summed E-state index contributed by atoms with van der Waals surface area (Å²) in [4.78, 5) is 35.7. The van der Waals surface area contributed by atoms with Crippen molar-refractivity contribution in [3.63, 3.8) is 0 Å². The van der Waals surface area contributed by atoms with Crippen molar-refractivity contribution < 1.29 is 38.1 Å². The van der Waals surface area contributed by atoms with Crippen molar-refractivity contribution in [3.05, 3.63) is 71.8 Å². The highest BCUT2D eigenvalue weighted by molar-refractivity contribution is 5.92. The van der Waals surface area contributed by atoms with Gasteiger partial charge in [0.1, 0.15) is 5.75 Å². The molecule has 0 fully saturated rings. The monoisotopic (exact) mass is 524 g/mol. The van der Waals surface area contributed by atoms with Crippen molar-refractivity contribution in [2.45, 2.75) is 45.4 Å². The van der Waals surface area contributed by atoms with Crippen LogP contribution in [-0.2, 0) is 19.1 Å². The molecule has 0 amide bonds. The topological polar surface area (TPSA) is 97.4 Å². The first kappa shape index (κ1) is 30.2. The molecule has 38 heavy (non-hydrogen) atoms. The Balaban J connectivity index is 1.95. The molecule has 8 nitrogen and oxygen atoms in total. The Bertz CT molecular complexity index is 1100. The van der Waals surface area contributed by atoms with E-state index in [1.165, 1.54) is 26.4 Å². The molecule has 0 saturated heterocycles. The number of carbonyl (C=O) groups is 3. The van der Waals surface area contributed by atoms with Crippen LogP contribution in [0.1, 0.15) is 61.4 Å². The minimum atomic E-state index is -0.543. The molecular weight excluding hydrogens is 488 g/mol. The fourth-order valence-electron chi connectivity index (χ4n) is 3.47. The Morgan fingerprint density at radius 1 is 0.842 bits per heavy atom. The summed E-state index contributed by atoms with van der Waals surface area (Å²) in [6.07, 6.45) is 8.44. The zero-order chi connectivity index (χ0) is 27.8. The minimum absolute atomic E-state index is 0.201.